The Morgan fingerprint density at radius 3 is 2.00 bits per heavy atom. The average molecular weight is 410 g/mol. The number of anilines is 1. The van der Waals surface area contributed by atoms with E-state index in [4.69, 9.17) is 32.7 Å². The summed E-state index contributed by atoms with van der Waals surface area (Å²) in [4.78, 5) is 36.6. The van der Waals surface area contributed by atoms with Crippen molar-refractivity contribution >= 4 is 46.7 Å². The van der Waals surface area contributed by atoms with Gasteiger partial charge in [-0.05, 0) is 44.2 Å². The third kappa shape index (κ3) is 5.21. The molecular weight excluding hydrogens is 393 g/mol. The van der Waals surface area contributed by atoms with E-state index in [1.807, 2.05) is 0 Å². The number of rotatable bonds is 6. The molecule has 142 valence electrons. The van der Waals surface area contributed by atoms with Gasteiger partial charge in [0.25, 0.3) is 5.91 Å². The molecular formula is C19H17Cl2NO5. The van der Waals surface area contributed by atoms with Gasteiger partial charge in [0, 0.05) is 5.69 Å². The van der Waals surface area contributed by atoms with Crippen molar-refractivity contribution in [2.75, 3.05) is 18.5 Å². The van der Waals surface area contributed by atoms with Gasteiger partial charge in [0.2, 0.25) is 0 Å². The molecule has 0 aromatic heterocycles. The number of ether oxygens (including phenoxy) is 2. The maximum Gasteiger partial charge on any atom is 0.338 e. The summed E-state index contributed by atoms with van der Waals surface area (Å²) in [5.41, 5.74) is 0.581. The molecule has 0 heterocycles. The molecule has 0 fully saturated rings. The van der Waals surface area contributed by atoms with Crippen LogP contribution in [0.3, 0.4) is 0 Å². The monoisotopic (exact) mass is 409 g/mol. The van der Waals surface area contributed by atoms with Gasteiger partial charge in [-0.25, -0.2) is 9.59 Å². The van der Waals surface area contributed by atoms with Crippen LogP contribution in [0.1, 0.15) is 44.9 Å². The molecule has 0 atom stereocenters. The van der Waals surface area contributed by atoms with E-state index in [-0.39, 0.29) is 45.6 Å². The molecule has 0 aliphatic carbocycles. The van der Waals surface area contributed by atoms with E-state index in [1.54, 1.807) is 26.0 Å². The number of carbonyl (C=O) groups excluding carboxylic acids is 3. The van der Waals surface area contributed by atoms with Crippen molar-refractivity contribution in [2.24, 2.45) is 0 Å². The second kappa shape index (κ2) is 9.39. The lowest BCUT2D eigenvalue weighted by molar-refractivity contribution is 0.0525. The number of esters is 2. The minimum atomic E-state index is -0.625. The predicted molar refractivity (Wildman–Crippen MR) is 103 cm³/mol. The van der Waals surface area contributed by atoms with Gasteiger partial charge in [-0.2, -0.15) is 0 Å². The molecule has 2 aromatic carbocycles. The molecule has 0 aliphatic rings. The molecule has 6 nitrogen and oxygen atoms in total. The Morgan fingerprint density at radius 1 is 0.926 bits per heavy atom. The van der Waals surface area contributed by atoms with Crippen molar-refractivity contribution in [2.45, 2.75) is 13.8 Å². The number of carbonyl (C=O) groups is 3. The fourth-order valence-corrected chi connectivity index (χ4v) is 2.63. The highest BCUT2D eigenvalue weighted by atomic mass is 35.5. The minimum Gasteiger partial charge on any atom is -0.462 e. The number of benzene rings is 2. The van der Waals surface area contributed by atoms with E-state index < -0.39 is 17.8 Å². The lowest BCUT2D eigenvalue weighted by Gasteiger charge is -2.11. The Hall–Kier alpha value is -2.57. The zero-order chi connectivity index (χ0) is 20.0. The molecule has 1 amide bonds. The van der Waals surface area contributed by atoms with E-state index >= 15 is 0 Å². The normalized spacial score (nSPS) is 10.2. The zero-order valence-corrected chi connectivity index (χ0v) is 16.2. The van der Waals surface area contributed by atoms with Gasteiger partial charge in [0.1, 0.15) is 0 Å². The van der Waals surface area contributed by atoms with Crippen molar-refractivity contribution < 1.29 is 23.9 Å². The number of halogens is 2. The highest BCUT2D eigenvalue weighted by molar-refractivity contribution is 6.44. The summed E-state index contributed by atoms with van der Waals surface area (Å²) in [6.07, 6.45) is 0. The van der Waals surface area contributed by atoms with Crippen LogP contribution in [0.2, 0.25) is 10.0 Å². The topological polar surface area (TPSA) is 81.7 Å². The average Bonchev–Trinajstić information content (AvgIpc) is 2.64. The summed E-state index contributed by atoms with van der Waals surface area (Å²) >= 11 is 12.0. The number of hydrogen-bond donors (Lipinski definition) is 1. The molecule has 0 radical (unpaired) electrons. The third-order valence-electron chi connectivity index (χ3n) is 3.41. The Balaban J connectivity index is 2.39. The molecule has 0 saturated heterocycles. The lowest BCUT2D eigenvalue weighted by Crippen LogP contribution is -2.15. The van der Waals surface area contributed by atoms with E-state index in [0.717, 1.165) is 0 Å². The standard InChI is InChI=1S/C19H17Cl2NO5/c1-3-26-18(24)11-8-12(19(25)27-4-2)10-13(9-11)22-17(23)14-6-5-7-15(20)16(14)21/h5-10H,3-4H2,1-2H3,(H,22,23). The van der Waals surface area contributed by atoms with Crippen molar-refractivity contribution in [3.63, 3.8) is 0 Å². The van der Waals surface area contributed by atoms with Crippen LogP contribution in [0.5, 0.6) is 0 Å². The van der Waals surface area contributed by atoms with Gasteiger partial charge in [0.05, 0.1) is 39.9 Å². The predicted octanol–water partition coefficient (Wildman–Crippen LogP) is 4.60. The molecule has 27 heavy (non-hydrogen) atoms. The molecule has 0 unspecified atom stereocenters. The summed E-state index contributed by atoms with van der Waals surface area (Å²) < 4.78 is 9.92. The Labute approximate surface area is 166 Å². The zero-order valence-electron chi connectivity index (χ0n) is 14.7. The summed E-state index contributed by atoms with van der Waals surface area (Å²) in [5, 5.41) is 2.94. The molecule has 0 saturated carbocycles. The molecule has 0 bridgehead atoms. The van der Waals surface area contributed by atoms with Gasteiger partial charge in [-0.1, -0.05) is 29.3 Å². The Bertz CT molecular complexity index is 846. The maximum absolute atomic E-state index is 12.5. The summed E-state index contributed by atoms with van der Waals surface area (Å²) in [6.45, 7) is 3.67. The summed E-state index contributed by atoms with van der Waals surface area (Å²) in [6, 6.07) is 8.79. The van der Waals surface area contributed by atoms with Crippen LogP contribution in [0, 0.1) is 0 Å². The maximum atomic E-state index is 12.5. The Kier molecular flexibility index (Phi) is 7.21. The van der Waals surface area contributed by atoms with Crippen LogP contribution in [0.4, 0.5) is 5.69 Å². The highest BCUT2D eigenvalue weighted by Gasteiger charge is 2.18. The van der Waals surface area contributed by atoms with Gasteiger partial charge in [-0.15, -0.1) is 0 Å². The fourth-order valence-electron chi connectivity index (χ4n) is 2.24. The first-order valence-electron chi connectivity index (χ1n) is 8.12. The summed E-state index contributed by atoms with van der Waals surface area (Å²) in [7, 11) is 0. The Morgan fingerprint density at radius 2 is 1.48 bits per heavy atom. The smallest absolute Gasteiger partial charge is 0.338 e. The molecule has 0 aliphatic heterocycles. The summed E-state index contributed by atoms with van der Waals surface area (Å²) in [5.74, 6) is -1.79. The fraction of sp³-hybridized carbons (Fsp3) is 0.211. The van der Waals surface area contributed by atoms with Crippen molar-refractivity contribution in [3.05, 3.63) is 63.1 Å². The molecule has 2 rings (SSSR count). The second-order valence-electron chi connectivity index (χ2n) is 5.30. The van der Waals surface area contributed by atoms with Crippen molar-refractivity contribution in [1.29, 1.82) is 0 Å². The van der Waals surface area contributed by atoms with Crippen LogP contribution in [-0.2, 0) is 9.47 Å². The number of nitrogens with one attached hydrogen (secondary N) is 1. The van der Waals surface area contributed by atoms with Crippen LogP contribution < -0.4 is 5.32 Å². The number of hydrogen-bond acceptors (Lipinski definition) is 5. The van der Waals surface area contributed by atoms with Crippen LogP contribution in [0.25, 0.3) is 0 Å². The van der Waals surface area contributed by atoms with E-state index in [1.165, 1.54) is 24.3 Å². The van der Waals surface area contributed by atoms with Gasteiger partial charge in [0.15, 0.2) is 0 Å². The largest absolute Gasteiger partial charge is 0.462 e. The SMILES string of the molecule is CCOC(=O)c1cc(NC(=O)c2cccc(Cl)c2Cl)cc(C(=O)OCC)c1. The third-order valence-corrected chi connectivity index (χ3v) is 4.23. The van der Waals surface area contributed by atoms with Crippen LogP contribution in [0.15, 0.2) is 36.4 Å². The first-order chi connectivity index (χ1) is 12.9. The minimum absolute atomic E-state index is 0.101. The first kappa shape index (κ1) is 20.7. The number of amides is 1. The highest BCUT2D eigenvalue weighted by Crippen LogP contribution is 2.26. The van der Waals surface area contributed by atoms with Crippen LogP contribution >= 0.6 is 23.2 Å². The van der Waals surface area contributed by atoms with Crippen molar-refractivity contribution in [3.8, 4) is 0 Å². The van der Waals surface area contributed by atoms with Gasteiger partial charge >= 0.3 is 11.9 Å². The van der Waals surface area contributed by atoms with Crippen LogP contribution in [-0.4, -0.2) is 31.1 Å². The van der Waals surface area contributed by atoms with Gasteiger partial charge < -0.3 is 14.8 Å². The first-order valence-corrected chi connectivity index (χ1v) is 8.87. The van der Waals surface area contributed by atoms with E-state index in [2.05, 4.69) is 5.32 Å². The van der Waals surface area contributed by atoms with Gasteiger partial charge in [-0.3, -0.25) is 4.79 Å². The quantitative estimate of drug-likeness (QED) is 0.704. The molecule has 1 N–H and O–H groups in total. The molecule has 0 spiro atoms. The molecule has 8 heteroatoms. The molecule has 2 aromatic rings. The second-order valence-corrected chi connectivity index (χ2v) is 6.08. The lowest BCUT2D eigenvalue weighted by atomic mass is 10.1. The van der Waals surface area contributed by atoms with Crippen molar-refractivity contribution in [1.82, 2.24) is 0 Å². The van der Waals surface area contributed by atoms with E-state index in [0.29, 0.717) is 0 Å². The van der Waals surface area contributed by atoms with E-state index in [9.17, 15) is 14.4 Å².